The fraction of sp³-hybridized carbons (Fsp3) is 0.188. The molecule has 7 heteroatoms. The lowest BCUT2D eigenvalue weighted by Gasteiger charge is -2.11. The molecule has 0 fully saturated rings. The maximum atomic E-state index is 14.2. The summed E-state index contributed by atoms with van der Waals surface area (Å²) in [6.07, 6.45) is 0.205. The summed E-state index contributed by atoms with van der Waals surface area (Å²) in [7, 11) is 1.30. The number of carbonyl (C=O) groups is 1. The molecule has 0 aliphatic rings. The quantitative estimate of drug-likeness (QED) is 0.713. The molecule has 0 atom stereocenters. The molecule has 0 saturated carbocycles. The van der Waals surface area contributed by atoms with E-state index in [0.717, 1.165) is 0 Å². The number of phenols is 1. The highest BCUT2D eigenvalue weighted by Gasteiger charge is 2.16. The van der Waals surface area contributed by atoms with Gasteiger partial charge in [0.2, 0.25) is 0 Å². The molecule has 23 heavy (non-hydrogen) atoms. The SMILES string of the molecule is COC(=O)Cc1cc(Cl)c(Cc2ccc(O)c(Br)c2F)c(Cl)c1. The summed E-state index contributed by atoms with van der Waals surface area (Å²) in [5.41, 5.74) is 1.49. The van der Waals surface area contributed by atoms with Crippen molar-refractivity contribution in [2.45, 2.75) is 12.8 Å². The van der Waals surface area contributed by atoms with E-state index in [9.17, 15) is 14.3 Å². The Morgan fingerprint density at radius 3 is 2.48 bits per heavy atom. The first-order chi connectivity index (χ1) is 10.8. The Kier molecular flexibility index (Phi) is 5.89. The third kappa shape index (κ3) is 4.16. The van der Waals surface area contributed by atoms with Gasteiger partial charge in [0.25, 0.3) is 0 Å². The van der Waals surface area contributed by atoms with E-state index in [1.54, 1.807) is 12.1 Å². The monoisotopic (exact) mass is 420 g/mol. The van der Waals surface area contributed by atoms with Gasteiger partial charge >= 0.3 is 5.97 Å². The predicted molar refractivity (Wildman–Crippen MR) is 90.8 cm³/mol. The predicted octanol–water partition coefficient (Wildman–Crippen LogP) is 4.91. The molecular weight excluding hydrogens is 410 g/mol. The smallest absolute Gasteiger partial charge is 0.309 e. The molecule has 2 aromatic rings. The average molecular weight is 422 g/mol. The number of phenolic OH excluding ortho intramolecular Hbond substituents is 1. The fourth-order valence-electron chi connectivity index (χ4n) is 2.07. The lowest BCUT2D eigenvalue weighted by Crippen LogP contribution is -2.05. The van der Waals surface area contributed by atoms with Crippen LogP contribution in [0.2, 0.25) is 10.0 Å². The van der Waals surface area contributed by atoms with Crippen LogP contribution in [0.5, 0.6) is 5.75 Å². The molecule has 3 nitrogen and oxygen atoms in total. The highest BCUT2D eigenvalue weighted by molar-refractivity contribution is 9.10. The number of benzene rings is 2. The van der Waals surface area contributed by atoms with Gasteiger partial charge in [-0.25, -0.2) is 4.39 Å². The molecule has 122 valence electrons. The molecule has 0 spiro atoms. The molecule has 0 aliphatic heterocycles. The van der Waals surface area contributed by atoms with Gasteiger partial charge in [0.15, 0.2) is 0 Å². The number of esters is 1. The van der Waals surface area contributed by atoms with Crippen molar-refractivity contribution in [3.05, 3.63) is 61.3 Å². The largest absolute Gasteiger partial charge is 0.507 e. The van der Waals surface area contributed by atoms with E-state index in [2.05, 4.69) is 20.7 Å². The summed E-state index contributed by atoms with van der Waals surface area (Å²) in [6, 6.07) is 6.06. The van der Waals surface area contributed by atoms with Gasteiger partial charge in [0, 0.05) is 16.5 Å². The second-order valence-electron chi connectivity index (χ2n) is 4.84. The normalized spacial score (nSPS) is 10.7. The molecule has 0 amide bonds. The summed E-state index contributed by atoms with van der Waals surface area (Å²) in [6.45, 7) is 0. The minimum atomic E-state index is -0.573. The summed E-state index contributed by atoms with van der Waals surface area (Å²) >= 11 is 15.4. The van der Waals surface area contributed by atoms with Gasteiger partial charge in [0.05, 0.1) is 18.0 Å². The Hall–Kier alpha value is -1.30. The van der Waals surface area contributed by atoms with Gasteiger partial charge in [-0.2, -0.15) is 0 Å². The van der Waals surface area contributed by atoms with Gasteiger partial charge in [-0.3, -0.25) is 4.79 Å². The molecule has 0 unspecified atom stereocenters. The van der Waals surface area contributed by atoms with Crippen molar-refractivity contribution in [3.8, 4) is 5.75 Å². The number of halogens is 4. The van der Waals surface area contributed by atoms with Crippen molar-refractivity contribution in [2.24, 2.45) is 0 Å². The number of aromatic hydroxyl groups is 1. The molecular formula is C16H12BrCl2FO3. The van der Waals surface area contributed by atoms with Gasteiger partial charge in [0.1, 0.15) is 11.6 Å². The number of methoxy groups -OCH3 is 1. The summed E-state index contributed by atoms with van der Waals surface area (Å²) in [5.74, 6) is -1.16. The van der Waals surface area contributed by atoms with Crippen molar-refractivity contribution < 1.29 is 19.0 Å². The van der Waals surface area contributed by atoms with E-state index in [0.29, 0.717) is 26.7 Å². The van der Waals surface area contributed by atoms with E-state index < -0.39 is 11.8 Å². The number of rotatable bonds is 4. The Balaban J connectivity index is 2.34. The highest BCUT2D eigenvalue weighted by Crippen LogP contribution is 2.33. The molecule has 0 radical (unpaired) electrons. The first-order valence-electron chi connectivity index (χ1n) is 6.53. The minimum absolute atomic E-state index is 0.00967. The van der Waals surface area contributed by atoms with Crippen LogP contribution in [0.25, 0.3) is 0 Å². The van der Waals surface area contributed by atoms with E-state index in [1.807, 2.05) is 0 Å². The van der Waals surface area contributed by atoms with Crippen LogP contribution in [-0.4, -0.2) is 18.2 Å². The van der Waals surface area contributed by atoms with Crippen LogP contribution in [-0.2, 0) is 22.4 Å². The fourth-order valence-corrected chi connectivity index (χ4v) is 3.12. The second kappa shape index (κ2) is 7.51. The summed E-state index contributed by atoms with van der Waals surface area (Å²) < 4.78 is 18.7. The maximum Gasteiger partial charge on any atom is 0.309 e. The standard InChI is InChI=1S/C16H12BrCl2FO3/c1-23-14(22)6-8-4-11(18)10(12(19)5-8)7-9-2-3-13(21)15(17)16(9)20/h2-5,21H,6-7H2,1H3. The number of ether oxygens (including phenoxy) is 1. The third-order valence-electron chi connectivity index (χ3n) is 3.29. The highest BCUT2D eigenvalue weighted by atomic mass is 79.9. The molecule has 0 aliphatic carbocycles. The minimum Gasteiger partial charge on any atom is -0.507 e. The molecule has 1 N–H and O–H groups in total. The molecule has 0 heterocycles. The van der Waals surface area contributed by atoms with Crippen LogP contribution in [0.4, 0.5) is 4.39 Å². The van der Waals surface area contributed by atoms with Crippen LogP contribution in [0.15, 0.2) is 28.7 Å². The van der Waals surface area contributed by atoms with E-state index in [1.165, 1.54) is 19.2 Å². The van der Waals surface area contributed by atoms with Crippen LogP contribution in [0.1, 0.15) is 16.7 Å². The van der Waals surface area contributed by atoms with Crippen LogP contribution >= 0.6 is 39.1 Å². The number of carbonyl (C=O) groups excluding carboxylic acids is 1. The topological polar surface area (TPSA) is 46.5 Å². The zero-order valence-electron chi connectivity index (χ0n) is 12.0. The van der Waals surface area contributed by atoms with Gasteiger partial charge in [-0.15, -0.1) is 0 Å². The Bertz CT molecular complexity index is 742. The summed E-state index contributed by atoms with van der Waals surface area (Å²) in [4.78, 5) is 11.3. The third-order valence-corrected chi connectivity index (χ3v) is 4.71. The van der Waals surface area contributed by atoms with Crippen LogP contribution in [0, 0.1) is 5.82 Å². The average Bonchev–Trinajstić information content (AvgIpc) is 2.50. The first kappa shape index (κ1) is 18.0. The van der Waals surface area contributed by atoms with Crippen molar-refractivity contribution in [1.82, 2.24) is 0 Å². The van der Waals surface area contributed by atoms with Crippen molar-refractivity contribution in [1.29, 1.82) is 0 Å². The van der Waals surface area contributed by atoms with Crippen molar-refractivity contribution >= 4 is 45.1 Å². The lowest BCUT2D eigenvalue weighted by atomic mass is 10.0. The zero-order chi connectivity index (χ0) is 17.1. The van der Waals surface area contributed by atoms with Gasteiger partial charge in [-0.05, 0) is 50.8 Å². The van der Waals surface area contributed by atoms with Crippen molar-refractivity contribution in [3.63, 3.8) is 0 Å². The Morgan fingerprint density at radius 1 is 1.30 bits per heavy atom. The first-order valence-corrected chi connectivity index (χ1v) is 8.07. The van der Waals surface area contributed by atoms with E-state index >= 15 is 0 Å². The molecule has 2 rings (SSSR count). The second-order valence-corrected chi connectivity index (χ2v) is 6.45. The zero-order valence-corrected chi connectivity index (χ0v) is 15.1. The Morgan fingerprint density at radius 2 is 1.91 bits per heavy atom. The molecule has 2 aromatic carbocycles. The van der Waals surface area contributed by atoms with Gasteiger partial charge < -0.3 is 9.84 Å². The molecule has 0 aromatic heterocycles. The van der Waals surface area contributed by atoms with Crippen molar-refractivity contribution in [2.75, 3.05) is 7.11 Å². The van der Waals surface area contributed by atoms with Gasteiger partial charge in [-0.1, -0.05) is 29.3 Å². The van der Waals surface area contributed by atoms with Crippen LogP contribution in [0.3, 0.4) is 0 Å². The molecule has 0 saturated heterocycles. The maximum absolute atomic E-state index is 14.2. The molecule has 0 bridgehead atoms. The Labute approximate surface area is 151 Å². The number of hydrogen-bond donors (Lipinski definition) is 1. The summed E-state index contributed by atoms with van der Waals surface area (Å²) in [5, 5.41) is 10.1. The van der Waals surface area contributed by atoms with E-state index in [-0.39, 0.29) is 23.1 Å². The lowest BCUT2D eigenvalue weighted by molar-refractivity contribution is -0.139. The van der Waals surface area contributed by atoms with E-state index in [4.69, 9.17) is 23.2 Å². The number of hydrogen-bond acceptors (Lipinski definition) is 3. The van der Waals surface area contributed by atoms with Crippen LogP contribution < -0.4 is 0 Å².